The van der Waals surface area contributed by atoms with Gasteiger partial charge in [-0.05, 0) is 74.4 Å². The molecule has 262 valence electrons. The van der Waals surface area contributed by atoms with Crippen molar-refractivity contribution in [2.75, 3.05) is 6.54 Å². The number of aliphatic hydroxyl groups excluding tert-OH is 1. The van der Waals surface area contributed by atoms with Gasteiger partial charge in [-0.3, -0.25) is 14.4 Å². The van der Waals surface area contributed by atoms with Crippen LogP contribution in [0.1, 0.15) is 75.1 Å². The summed E-state index contributed by atoms with van der Waals surface area (Å²) in [6, 6.07) is 11.8. The second-order valence-corrected chi connectivity index (χ2v) is 14.6. The normalized spacial score (nSPS) is 23.7. The topological polar surface area (TPSA) is 131 Å². The van der Waals surface area contributed by atoms with Crippen LogP contribution in [0, 0.1) is 31.1 Å². The van der Waals surface area contributed by atoms with Crippen molar-refractivity contribution in [1.29, 1.82) is 0 Å². The molecule has 0 saturated heterocycles. The van der Waals surface area contributed by atoms with E-state index in [9.17, 15) is 24.3 Å². The van der Waals surface area contributed by atoms with Gasteiger partial charge in [-0.1, -0.05) is 74.8 Å². The van der Waals surface area contributed by atoms with Crippen molar-refractivity contribution < 1.29 is 33.8 Å². The number of aryl methyl sites for hydroxylation is 2. The highest BCUT2D eigenvalue weighted by Crippen LogP contribution is 2.34. The molecular formula is C37H48Cl2N2O7. The molecule has 2 aromatic rings. The Bertz CT molecular complexity index is 1490. The molecule has 0 bridgehead atoms. The van der Waals surface area contributed by atoms with Crippen LogP contribution in [0.3, 0.4) is 0 Å². The van der Waals surface area contributed by atoms with Crippen molar-refractivity contribution in [2.45, 2.75) is 97.5 Å². The average molecular weight is 704 g/mol. The third-order valence-corrected chi connectivity index (χ3v) is 9.48. The number of cyclic esters (lactones) is 2. The van der Waals surface area contributed by atoms with E-state index in [4.69, 9.17) is 32.7 Å². The highest BCUT2D eigenvalue weighted by Gasteiger charge is 2.38. The number of hydrogen-bond acceptors (Lipinski definition) is 7. The molecule has 1 aliphatic heterocycles. The summed E-state index contributed by atoms with van der Waals surface area (Å²) in [4.78, 5) is 53.6. The number of aliphatic hydroxyl groups is 1. The highest BCUT2D eigenvalue weighted by molar-refractivity contribution is 6.31. The van der Waals surface area contributed by atoms with Crippen molar-refractivity contribution in [1.82, 2.24) is 10.6 Å². The van der Waals surface area contributed by atoms with E-state index in [1.165, 1.54) is 12.2 Å². The minimum Gasteiger partial charge on any atom is -0.459 e. The summed E-state index contributed by atoms with van der Waals surface area (Å²) in [5.41, 5.74) is 2.01. The van der Waals surface area contributed by atoms with Gasteiger partial charge in [-0.15, -0.1) is 11.6 Å². The molecule has 0 fully saturated rings. The molecule has 0 aliphatic carbocycles. The number of halogens is 2. The van der Waals surface area contributed by atoms with Crippen LogP contribution in [-0.4, -0.2) is 59.8 Å². The van der Waals surface area contributed by atoms with Gasteiger partial charge in [0.05, 0.1) is 16.9 Å². The molecule has 3 rings (SSSR count). The number of carbonyl (C=O) groups is 4. The van der Waals surface area contributed by atoms with E-state index >= 15 is 0 Å². The lowest BCUT2D eigenvalue weighted by atomic mass is 9.89. The highest BCUT2D eigenvalue weighted by atomic mass is 35.5. The fourth-order valence-electron chi connectivity index (χ4n) is 5.31. The second-order valence-electron chi connectivity index (χ2n) is 13.7. The van der Waals surface area contributed by atoms with Crippen molar-refractivity contribution >= 4 is 47.0 Å². The number of carbonyl (C=O) groups excluding carboxylic acids is 4. The third-order valence-electron chi connectivity index (χ3n) is 8.58. The number of ether oxygens (including phenoxy) is 2. The standard InChI is InChI=1S/C37H48Cl2N2O7/c1-21(2)17-30-35(45)47-29(24(5)33(43)32(39)26-12-9-8-11-22(26)3)13-10-14-31(42)41-28(19-25-16-15-23(4)27(38)18-25)34(44)40-20-37(6,7)36(46)48-30/h8-12,14-16,18,21,24,28-30,32-33,43H,13,17,19-20H2,1-7H3,(H,40,44)(H,41,42)/b14-10+/t24-,28+,29-,30-,32-,33+/m0/s1. The summed E-state index contributed by atoms with van der Waals surface area (Å²) < 4.78 is 11.7. The predicted molar refractivity (Wildman–Crippen MR) is 187 cm³/mol. The lowest BCUT2D eigenvalue weighted by molar-refractivity contribution is -0.180. The van der Waals surface area contributed by atoms with E-state index in [1.807, 2.05) is 64.1 Å². The summed E-state index contributed by atoms with van der Waals surface area (Å²) in [7, 11) is 0. The Morgan fingerprint density at radius 3 is 2.33 bits per heavy atom. The Morgan fingerprint density at radius 2 is 1.69 bits per heavy atom. The zero-order valence-electron chi connectivity index (χ0n) is 28.7. The van der Waals surface area contributed by atoms with Crippen molar-refractivity contribution in [3.05, 3.63) is 81.9 Å². The van der Waals surface area contributed by atoms with Crippen LogP contribution < -0.4 is 10.6 Å². The smallest absolute Gasteiger partial charge is 0.347 e. The number of nitrogens with one attached hydrogen (secondary N) is 2. The molecule has 6 atom stereocenters. The number of amides is 2. The van der Waals surface area contributed by atoms with E-state index in [0.717, 1.165) is 22.3 Å². The lowest BCUT2D eigenvalue weighted by Gasteiger charge is -2.32. The summed E-state index contributed by atoms with van der Waals surface area (Å²) in [6.07, 6.45) is -0.159. The molecule has 1 heterocycles. The molecule has 1 aliphatic rings. The molecule has 0 unspecified atom stereocenters. The zero-order chi connectivity index (χ0) is 35.8. The van der Waals surface area contributed by atoms with Crippen LogP contribution in [0.5, 0.6) is 0 Å². The number of alkyl halides is 1. The molecule has 9 nitrogen and oxygen atoms in total. The van der Waals surface area contributed by atoms with Gasteiger partial charge in [0.25, 0.3) is 0 Å². The summed E-state index contributed by atoms with van der Waals surface area (Å²) >= 11 is 13.1. The maximum absolute atomic E-state index is 13.6. The van der Waals surface area contributed by atoms with Crippen LogP contribution in [0.15, 0.2) is 54.6 Å². The molecule has 11 heteroatoms. The van der Waals surface area contributed by atoms with Crippen molar-refractivity contribution in [2.24, 2.45) is 17.3 Å². The van der Waals surface area contributed by atoms with Crippen molar-refractivity contribution in [3.8, 4) is 0 Å². The van der Waals surface area contributed by atoms with E-state index in [2.05, 4.69) is 10.6 Å². The summed E-state index contributed by atoms with van der Waals surface area (Å²) in [6.45, 7) is 12.3. The minimum absolute atomic E-state index is 0.0295. The van der Waals surface area contributed by atoms with E-state index < -0.39 is 64.8 Å². The Kier molecular flexibility index (Phi) is 14.1. The first-order valence-corrected chi connectivity index (χ1v) is 17.1. The number of benzene rings is 2. The first kappa shape index (κ1) is 39.0. The van der Waals surface area contributed by atoms with Crippen LogP contribution in [-0.2, 0) is 35.1 Å². The molecule has 3 N–H and O–H groups in total. The maximum atomic E-state index is 13.6. The second kappa shape index (κ2) is 17.3. The van der Waals surface area contributed by atoms with Gasteiger partial charge in [0.15, 0.2) is 6.10 Å². The fraction of sp³-hybridized carbons (Fsp3) is 0.514. The number of rotatable bonds is 8. The Balaban J connectivity index is 1.97. The first-order chi connectivity index (χ1) is 22.5. The van der Waals surface area contributed by atoms with Gasteiger partial charge in [-0.25, -0.2) is 4.79 Å². The van der Waals surface area contributed by atoms with Crippen LogP contribution >= 0.6 is 23.2 Å². The van der Waals surface area contributed by atoms with Gasteiger partial charge >= 0.3 is 11.9 Å². The predicted octanol–water partition coefficient (Wildman–Crippen LogP) is 5.93. The molecule has 0 radical (unpaired) electrons. The van der Waals surface area contributed by atoms with E-state index in [1.54, 1.807) is 26.8 Å². The molecule has 2 aromatic carbocycles. The molecule has 2 amide bonds. The molecule has 0 aromatic heterocycles. The van der Waals surface area contributed by atoms with E-state index in [0.29, 0.717) is 5.02 Å². The fourth-order valence-corrected chi connectivity index (χ4v) is 5.99. The number of hydrogen-bond donors (Lipinski definition) is 3. The molecule has 0 saturated carbocycles. The third kappa shape index (κ3) is 10.8. The van der Waals surface area contributed by atoms with Gasteiger partial charge in [-0.2, -0.15) is 0 Å². The average Bonchev–Trinajstić information content (AvgIpc) is 3.02. The SMILES string of the molecule is Cc1ccc(C[C@H]2NC(=O)/C=C/C[C@@H]([C@H](C)[C@@H](O)[C@@H](Cl)c3ccccc3C)OC(=O)[C@H](CC(C)C)OC(=O)C(C)(C)CNC2=O)cc1Cl. The van der Waals surface area contributed by atoms with Crippen molar-refractivity contribution in [3.63, 3.8) is 0 Å². The zero-order valence-corrected chi connectivity index (χ0v) is 30.2. The largest absolute Gasteiger partial charge is 0.459 e. The van der Waals surface area contributed by atoms with Crippen LogP contribution in [0.4, 0.5) is 0 Å². The first-order valence-electron chi connectivity index (χ1n) is 16.3. The molecular weight excluding hydrogens is 655 g/mol. The Morgan fingerprint density at radius 1 is 1.00 bits per heavy atom. The monoisotopic (exact) mass is 702 g/mol. The van der Waals surface area contributed by atoms with E-state index in [-0.39, 0.29) is 31.7 Å². The van der Waals surface area contributed by atoms with Gasteiger partial charge in [0.1, 0.15) is 12.1 Å². The van der Waals surface area contributed by atoms with Gasteiger partial charge in [0.2, 0.25) is 11.8 Å². The molecule has 48 heavy (non-hydrogen) atoms. The Labute approximate surface area is 293 Å². The molecule has 0 spiro atoms. The summed E-state index contributed by atoms with van der Waals surface area (Å²) in [5.74, 6) is -3.25. The number of esters is 2. The van der Waals surface area contributed by atoms with Gasteiger partial charge < -0.3 is 25.2 Å². The maximum Gasteiger partial charge on any atom is 0.347 e. The lowest BCUT2D eigenvalue weighted by Crippen LogP contribution is -2.51. The van der Waals surface area contributed by atoms with Gasteiger partial charge in [0, 0.05) is 30.3 Å². The van der Waals surface area contributed by atoms with Crippen LogP contribution in [0.25, 0.3) is 0 Å². The summed E-state index contributed by atoms with van der Waals surface area (Å²) in [5, 5.41) is 16.6. The van der Waals surface area contributed by atoms with Crippen LogP contribution in [0.2, 0.25) is 5.02 Å². The quantitative estimate of drug-likeness (QED) is 0.230. The minimum atomic E-state index is -1.23. The Hall–Kier alpha value is -3.40.